The molecule has 5 heteroatoms. The molecule has 1 aromatic carbocycles. The summed E-state index contributed by atoms with van der Waals surface area (Å²) in [7, 11) is 1.56. The van der Waals surface area contributed by atoms with Gasteiger partial charge in [0.05, 0.1) is 13.2 Å². The van der Waals surface area contributed by atoms with E-state index in [0.29, 0.717) is 24.5 Å². The Hall–Kier alpha value is -2.04. The van der Waals surface area contributed by atoms with Crippen LogP contribution in [0.3, 0.4) is 0 Å². The van der Waals surface area contributed by atoms with Crippen LogP contribution in [0.4, 0.5) is 0 Å². The summed E-state index contributed by atoms with van der Waals surface area (Å²) in [6.07, 6.45) is 0. The van der Waals surface area contributed by atoms with Crippen molar-refractivity contribution in [2.24, 2.45) is 0 Å². The molecule has 0 spiro atoms. The smallest absolute Gasteiger partial charge is 0.325 e. The predicted molar refractivity (Wildman–Crippen MR) is 71.2 cm³/mol. The van der Waals surface area contributed by atoms with Gasteiger partial charge >= 0.3 is 5.97 Å². The minimum absolute atomic E-state index is 0.0640. The second-order valence-corrected chi connectivity index (χ2v) is 3.93. The molecule has 0 saturated heterocycles. The second-order valence-electron chi connectivity index (χ2n) is 3.93. The van der Waals surface area contributed by atoms with Crippen molar-refractivity contribution in [2.75, 3.05) is 26.8 Å². The zero-order valence-corrected chi connectivity index (χ0v) is 11.5. The molecule has 104 valence electrons. The zero-order chi connectivity index (χ0) is 14.3. The number of nitrogens with zero attached hydrogens (tertiary/aromatic N) is 1. The minimum atomic E-state index is -0.417. The Morgan fingerprint density at radius 2 is 1.95 bits per heavy atom. The van der Waals surface area contributed by atoms with Crippen LogP contribution in [0, 0.1) is 0 Å². The van der Waals surface area contributed by atoms with Gasteiger partial charge < -0.3 is 14.4 Å². The van der Waals surface area contributed by atoms with Gasteiger partial charge in [-0.05, 0) is 32.0 Å². The highest BCUT2D eigenvalue weighted by atomic mass is 16.5. The first-order valence-electron chi connectivity index (χ1n) is 6.22. The number of carbonyl (C=O) groups excluding carboxylic acids is 2. The summed E-state index contributed by atoms with van der Waals surface area (Å²) >= 11 is 0. The van der Waals surface area contributed by atoms with E-state index in [1.807, 2.05) is 6.92 Å². The van der Waals surface area contributed by atoms with Crippen LogP contribution in [0.5, 0.6) is 5.75 Å². The molecule has 0 radical (unpaired) electrons. The Balaban J connectivity index is 2.70. The van der Waals surface area contributed by atoms with Crippen LogP contribution >= 0.6 is 0 Å². The molecule has 0 bridgehead atoms. The molecule has 0 aliphatic carbocycles. The van der Waals surface area contributed by atoms with Crippen molar-refractivity contribution in [2.45, 2.75) is 13.8 Å². The lowest BCUT2D eigenvalue weighted by atomic mass is 10.2. The molecular formula is C14H19NO4. The van der Waals surface area contributed by atoms with Gasteiger partial charge in [0.1, 0.15) is 12.3 Å². The summed E-state index contributed by atoms with van der Waals surface area (Å²) in [6, 6.07) is 6.88. The molecule has 19 heavy (non-hydrogen) atoms. The fourth-order valence-electron chi connectivity index (χ4n) is 1.58. The van der Waals surface area contributed by atoms with Gasteiger partial charge in [0.2, 0.25) is 0 Å². The SMILES string of the molecule is CCOC(=O)CN(C)C(=O)c1cccc(OCC)c1. The van der Waals surface area contributed by atoms with Crippen molar-refractivity contribution in [3.8, 4) is 5.75 Å². The van der Waals surface area contributed by atoms with Crippen LogP contribution in [0.2, 0.25) is 0 Å². The minimum Gasteiger partial charge on any atom is -0.494 e. The van der Waals surface area contributed by atoms with E-state index in [4.69, 9.17) is 9.47 Å². The summed E-state index contributed by atoms with van der Waals surface area (Å²) in [4.78, 5) is 24.7. The molecule has 1 aromatic rings. The Labute approximate surface area is 113 Å². The van der Waals surface area contributed by atoms with E-state index in [2.05, 4.69) is 0 Å². The van der Waals surface area contributed by atoms with Gasteiger partial charge in [0.25, 0.3) is 5.91 Å². The van der Waals surface area contributed by atoms with Gasteiger partial charge in [-0.3, -0.25) is 9.59 Å². The lowest BCUT2D eigenvalue weighted by Gasteiger charge is -2.16. The van der Waals surface area contributed by atoms with Crippen LogP contribution < -0.4 is 4.74 Å². The molecule has 0 aliphatic rings. The third-order valence-electron chi connectivity index (χ3n) is 2.41. The molecule has 0 aliphatic heterocycles. The number of rotatable bonds is 6. The summed E-state index contributed by atoms with van der Waals surface area (Å²) < 4.78 is 10.1. The van der Waals surface area contributed by atoms with Crippen LogP contribution in [0.1, 0.15) is 24.2 Å². The van der Waals surface area contributed by atoms with Crippen LogP contribution in [-0.4, -0.2) is 43.6 Å². The first-order chi connectivity index (χ1) is 9.08. The Kier molecular flexibility index (Phi) is 5.85. The Morgan fingerprint density at radius 3 is 2.58 bits per heavy atom. The van der Waals surface area contributed by atoms with Gasteiger partial charge in [-0.2, -0.15) is 0 Å². The molecule has 1 amide bonds. The first-order valence-corrected chi connectivity index (χ1v) is 6.22. The molecule has 0 fully saturated rings. The average molecular weight is 265 g/mol. The monoisotopic (exact) mass is 265 g/mol. The van der Waals surface area contributed by atoms with E-state index >= 15 is 0 Å². The second kappa shape index (κ2) is 7.41. The lowest BCUT2D eigenvalue weighted by molar-refractivity contribution is -0.143. The Bertz CT molecular complexity index is 445. The molecule has 1 rings (SSSR count). The number of hydrogen-bond donors (Lipinski definition) is 0. The van der Waals surface area contributed by atoms with Crippen molar-refractivity contribution >= 4 is 11.9 Å². The molecular weight excluding hydrogens is 246 g/mol. The quantitative estimate of drug-likeness (QED) is 0.735. The average Bonchev–Trinajstić information content (AvgIpc) is 2.38. The summed E-state index contributed by atoms with van der Waals surface area (Å²) in [6.45, 7) is 4.38. The highest BCUT2D eigenvalue weighted by Gasteiger charge is 2.15. The van der Waals surface area contributed by atoms with Crippen LogP contribution in [0.25, 0.3) is 0 Å². The number of benzene rings is 1. The molecule has 0 saturated carbocycles. The summed E-state index contributed by atoms with van der Waals surface area (Å²) in [5.74, 6) is -0.0215. The molecule has 0 aromatic heterocycles. The van der Waals surface area contributed by atoms with E-state index in [-0.39, 0.29) is 12.5 Å². The Morgan fingerprint density at radius 1 is 1.21 bits per heavy atom. The maximum atomic E-state index is 12.1. The predicted octanol–water partition coefficient (Wildman–Crippen LogP) is 1.72. The molecule has 0 unspecified atom stereocenters. The maximum absolute atomic E-state index is 12.1. The van der Waals surface area contributed by atoms with Crippen molar-refractivity contribution in [3.05, 3.63) is 29.8 Å². The van der Waals surface area contributed by atoms with E-state index in [1.54, 1.807) is 38.2 Å². The van der Waals surface area contributed by atoms with Crippen molar-refractivity contribution in [3.63, 3.8) is 0 Å². The third kappa shape index (κ3) is 4.62. The van der Waals surface area contributed by atoms with Crippen molar-refractivity contribution in [1.29, 1.82) is 0 Å². The number of ether oxygens (including phenoxy) is 2. The topological polar surface area (TPSA) is 55.8 Å². The summed E-state index contributed by atoms with van der Waals surface area (Å²) in [5, 5.41) is 0. The van der Waals surface area contributed by atoms with Crippen molar-refractivity contribution < 1.29 is 19.1 Å². The number of amides is 1. The van der Waals surface area contributed by atoms with E-state index in [0.717, 1.165) is 0 Å². The highest BCUT2D eigenvalue weighted by molar-refractivity contribution is 5.96. The zero-order valence-electron chi connectivity index (χ0n) is 11.5. The van der Waals surface area contributed by atoms with Gasteiger partial charge in [-0.15, -0.1) is 0 Å². The van der Waals surface area contributed by atoms with Crippen molar-refractivity contribution in [1.82, 2.24) is 4.90 Å². The van der Waals surface area contributed by atoms with Gasteiger partial charge in [-0.25, -0.2) is 0 Å². The van der Waals surface area contributed by atoms with E-state index in [9.17, 15) is 9.59 Å². The molecule has 0 heterocycles. The van der Waals surface area contributed by atoms with Crippen LogP contribution in [-0.2, 0) is 9.53 Å². The highest BCUT2D eigenvalue weighted by Crippen LogP contribution is 2.14. The van der Waals surface area contributed by atoms with Gasteiger partial charge in [0, 0.05) is 12.6 Å². The van der Waals surface area contributed by atoms with Gasteiger partial charge in [0.15, 0.2) is 0 Å². The maximum Gasteiger partial charge on any atom is 0.325 e. The van der Waals surface area contributed by atoms with E-state index in [1.165, 1.54) is 4.90 Å². The third-order valence-corrected chi connectivity index (χ3v) is 2.41. The summed E-state index contributed by atoms with van der Waals surface area (Å²) in [5.41, 5.74) is 0.484. The van der Waals surface area contributed by atoms with Gasteiger partial charge in [-0.1, -0.05) is 6.07 Å². The fourth-order valence-corrected chi connectivity index (χ4v) is 1.58. The fraction of sp³-hybridized carbons (Fsp3) is 0.429. The number of carbonyl (C=O) groups is 2. The number of hydrogen-bond acceptors (Lipinski definition) is 4. The largest absolute Gasteiger partial charge is 0.494 e. The normalized spacial score (nSPS) is 9.84. The standard InChI is InChI=1S/C14H19NO4/c1-4-18-12-8-6-7-11(9-12)14(17)15(3)10-13(16)19-5-2/h6-9H,4-5,10H2,1-3H3. The number of likely N-dealkylation sites (N-methyl/N-ethyl adjacent to an activating group) is 1. The lowest BCUT2D eigenvalue weighted by Crippen LogP contribution is -2.33. The van der Waals surface area contributed by atoms with Crippen LogP contribution in [0.15, 0.2) is 24.3 Å². The molecule has 5 nitrogen and oxygen atoms in total. The molecule has 0 N–H and O–H groups in total. The molecule has 0 atom stereocenters. The number of esters is 1. The first kappa shape index (κ1) is 15.0. The van der Waals surface area contributed by atoms with E-state index < -0.39 is 5.97 Å².